The molecule has 1 amide bonds. The maximum absolute atomic E-state index is 12.7. The van der Waals surface area contributed by atoms with Crippen molar-refractivity contribution < 1.29 is 14.7 Å². The van der Waals surface area contributed by atoms with Crippen LogP contribution in [0.25, 0.3) is 0 Å². The number of hydrogen-bond donors (Lipinski definition) is 2. The quantitative estimate of drug-likeness (QED) is 0.863. The molecule has 5 heteroatoms. The van der Waals surface area contributed by atoms with Crippen LogP contribution < -0.4 is 5.32 Å². The number of rotatable bonds is 3. The lowest BCUT2D eigenvalue weighted by atomic mass is 9.78. The van der Waals surface area contributed by atoms with Crippen LogP contribution in [-0.2, 0) is 9.59 Å². The van der Waals surface area contributed by atoms with Crippen molar-refractivity contribution in [1.82, 2.24) is 0 Å². The third kappa shape index (κ3) is 1.94. The molecule has 3 fully saturated rings. The van der Waals surface area contributed by atoms with Gasteiger partial charge in [0.25, 0.3) is 0 Å². The van der Waals surface area contributed by atoms with Crippen LogP contribution in [0.2, 0.25) is 0 Å². The molecule has 3 aliphatic rings. The molecule has 0 aliphatic heterocycles. The van der Waals surface area contributed by atoms with Crippen LogP contribution in [0.3, 0.4) is 0 Å². The predicted molar refractivity (Wildman–Crippen MR) is 85.3 cm³/mol. The van der Waals surface area contributed by atoms with Gasteiger partial charge in [-0.05, 0) is 67.2 Å². The van der Waals surface area contributed by atoms with Crippen molar-refractivity contribution in [2.45, 2.75) is 25.7 Å². The van der Waals surface area contributed by atoms with Crippen LogP contribution in [0.15, 0.2) is 28.7 Å². The van der Waals surface area contributed by atoms with E-state index in [-0.39, 0.29) is 29.1 Å². The van der Waals surface area contributed by atoms with E-state index in [1.807, 2.05) is 24.3 Å². The average Bonchev–Trinajstić information content (AvgIpc) is 3.15. The molecule has 4 rings (SSSR count). The fraction of sp³-hybridized carbons (Fsp3) is 0.529. The molecule has 0 heterocycles. The Balaban J connectivity index is 1.59. The summed E-state index contributed by atoms with van der Waals surface area (Å²) in [6.45, 7) is 0. The van der Waals surface area contributed by atoms with Gasteiger partial charge in [-0.15, -0.1) is 0 Å². The maximum Gasteiger partial charge on any atom is 0.307 e. The third-order valence-corrected chi connectivity index (χ3v) is 6.58. The Bertz CT molecular complexity index is 638. The van der Waals surface area contributed by atoms with E-state index in [4.69, 9.17) is 0 Å². The molecule has 1 aromatic carbocycles. The Morgan fingerprint density at radius 2 is 1.68 bits per heavy atom. The first-order valence-corrected chi connectivity index (χ1v) is 8.61. The Labute approximate surface area is 137 Å². The summed E-state index contributed by atoms with van der Waals surface area (Å²) >= 11 is 3.37. The summed E-state index contributed by atoms with van der Waals surface area (Å²) in [5.74, 6) is -1.33. The van der Waals surface area contributed by atoms with Gasteiger partial charge in [-0.1, -0.05) is 15.9 Å². The van der Waals surface area contributed by atoms with Crippen molar-refractivity contribution in [1.29, 1.82) is 0 Å². The van der Waals surface area contributed by atoms with E-state index in [0.717, 1.165) is 35.8 Å². The van der Waals surface area contributed by atoms with Crippen LogP contribution in [0, 0.1) is 29.1 Å². The van der Waals surface area contributed by atoms with Crippen molar-refractivity contribution in [3.63, 3.8) is 0 Å². The summed E-state index contributed by atoms with van der Waals surface area (Å²) in [4.78, 5) is 24.5. The Hall–Kier alpha value is -1.36. The zero-order valence-corrected chi connectivity index (χ0v) is 13.7. The van der Waals surface area contributed by atoms with Crippen LogP contribution in [0.5, 0.6) is 0 Å². The molecule has 3 aliphatic carbocycles. The molecular formula is C17H18BrNO3. The lowest BCUT2D eigenvalue weighted by Gasteiger charge is -2.26. The first kappa shape index (κ1) is 14.2. The molecule has 1 aromatic rings. The van der Waals surface area contributed by atoms with Gasteiger partial charge in [-0.25, -0.2) is 0 Å². The lowest BCUT2D eigenvalue weighted by molar-refractivity contribution is -0.148. The number of nitrogens with one attached hydrogen (secondary N) is 1. The molecule has 0 saturated heterocycles. The molecule has 4 nitrogen and oxygen atoms in total. The van der Waals surface area contributed by atoms with E-state index >= 15 is 0 Å². The first-order valence-electron chi connectivity index (χ1n) is 7.82. The normalized spacial score (nSPS) is 33.9. The molecule has 1 spiro atoms. The molecule has 22 heavy (non-hydrogen) atoms. The highest BCUT2D eigenvalue weighted by Gasteiger charge is 2.71. The molecule has 2 bridgehead atoms. The highest BCUT2D eigenvalue weighted by Crippen LogP contribution is 2.74. The van der Waals surface area contributed by atoms with Crippen LogP contribution in [0.4, 0.5) is 5.69 Å². The fourth-order valence-electron chi connectivity index (χ4n) is 5.10. The van der Waals surface area contributed by atoms with Gasteiger partial charge >= 0.3 is 5.97 Å². The number of amides is 1. The molecular weight excluding hydrogens is 346 g/mol. The van der Waals surface area contributed by atoms with Gasteiger partial charge in [0.2, 0.25) is 5.91 Å². The SMILES string of the molecule is O=C(Nc1ccc(Br)cc1)[C@@H]1C2CCC([C@@H]1C(=O)O)C21CC1. The molecule has 0 radical (unpaired) electrons. The minimum atomic E-state index is -0.797. The summed E-state index contributed by atoms with van der Waals surface area (Å²) in [7, 11) is 0. The third-order valence-electron chi connectivity index (χ3n) is 6.05. The largest absolute Gasteiger partial charge is 0.481 e. The molecule has 0 aromatic heterocycles. The van der Waals surface area contributed by atoms with E-state index in [9.17, 15) is 14.7 Å². The lowest BCUT2D eigenvalue weighted by Crippen LogP contribution is -2.37. The van der Waals surface area contributed by atoms with Crippen molar-refractivity contribution in [3.05, 3.63) is 28.7 Å². The van der Waals surface area contributed by atoms with E-state index < -0.39 is 11.9 Å². The predicted octanol–water partition coefficient (Wildman–Crippen LogP) is 3.52. The number of halogens is 1. The minimum absolute atomic E-state index is 0.117. The standard InChI is InChI=1S/C17H18BrNO3/c18-9-1-3-10(4-2-9)19-15(20)13-11-5-6-12(14(13)16(21)22)17(11)7-8-17/h1-4,11-14H,5-8H2,(H,19,20)(H,21,22)/t11?,12?,13-,14+/m1/s1. The smallest absolute Gasteiger partial charge is 0.307 e. The first-order chi connectivity index (χ1) is 10.5. The molecule has 2 unspecified atom stereocenters. The van der Waals surface area contributed by atoms with Gasteiger partial charge < -0.3 is 10.4 Å². The van der Waals surface area contributed by atoms with E-state index in [1.54, 1.807) is 0 Å². The van der Waals surface area contributed by atoms with Gasteiger partial charge in [-0.2, -0.15) is 0 Å². The van der Waals surface area contributed by atoms with Crippen molar-refractivity contribution >= 4 is 33.5 Å². The second-order valence-electron chi connectivity index (χ2n) is 6.91. The zero-order valence-electron chi connectivity index (χ0n) is 12.1. The summed E-state index contributed by atoms with van der Waals surface area (Å²) in [6.07, 6.45) is 4.19. The van der Waals surface area contributed by atoms with Gasteiger partial charge in [-0.3, -0.25) is 9.59 Å². The number of benzene rings is 1. The van der Waals surface area contributed by atoms with Gasteiger partial charge in [0.1, 0.15) is 0 Å². The van der Waals surface area contributed by atoms with E-state index in [2.05, 4.69) is 21.2 Å². The molecule has 3 saturated carbocycles. The summed E-state index contributed by atoms with van der Waals surface area (Å²) in [6, 6.07) is 7.40. The van der Waals surface area contributed by atoms with E-state index in [1.165, 1.54) is 0 Å². The Kier molecular flexibility index (Phi) is 3.12. The number of carbonyl (C=O) groups excluding carboxylic acids is 1. The number of carboxylic acid groups (broad SMARTS) is 1. The highest BCUT2D eigenvalue weighted by atomic mass is 79.9. The van der Waals surface area contributed by atoms with Crippen LogP contribution in [0.1, 0.15) is 25.7 Å². The molecule has 4 atom stereocenters. The number of anilines is 1. The topological polar surface area (TPSA) is 66.4 Å². The number of carboxylic acids is 1. The maximum atomic E-state index is 12.7. The monoisotopic (exact) mass is 363 g/mol. The van der Waals surface area contributed by atoms with Gasteiger partial charge in [0, 0.05) is 10.2 Å². The number of hydrogen-bond acceptors (Lipinski definition) is 2. The Morgan fingerprint density at radius 1 is 1.09 bits per heavy atom. The van der Waals surface area contributed by atoms with Crippen LogP contribution in [-0.4, -0.2) is 17.0 Å². The second-order valence-corrected chi connectivity index (χ2v) is 7.83. The molecule has 116 valence electrons. The summed E-state index contributed by atoms with van der Waals surface area (Å²) in [5.41, 5.74) is 0.898. The average molecular weight is 364 g/mol. The second kappa shape index (κ2) is 4.82. The highest BCUT2D eigenvalue weighted by molar-refractivity contribution is 9.10. The minimum Gasteiger partial charge on any atom is -0.481 e. The fourth-order valence-corrected chi connectivity index (χ4v) is 5.36. The number of carbonyl (C=O) groups is 2. The zero-order chi connectivity index (χ0) is 15.5. The number of aliphatic carboxylic acids is 1. The Morgan fingerprint density at radius 3 is 2.23 bits per heavy atom. The van der Waals surface area contributed by atoms with Gasteiger partial charge in [0.15, 0.2) is 0 Å². The van der Waals surface area contributed by atoms with Crippen LogP contribution >= 0.6 is 15.9 Å². The van der Waals surface area contributed by atoms with Crippen molar-refractivity contribution in [3.8, 4) is 0 Å². The summed E-state index contributed by atoms with van der Waals surface area (Å²) in [5, 5.41) is 12.6. The van der Waals surface area contributed by atoms with Crippen molar-refractivity contribution in [2.75, 3.05) is 5.32 Å². The van der Waals surface area contributed by atoms with Crippen molar-refractivity contribution in [2.24, 2.45) is 29.1 Å². The molecule has 2 N–H and O–H groups in total. The van der Waals surface area contributed by atoms with Gasteiger partial charge in [0.05, 0.1) is 11.8 Å². The van der Waals surface area contributed by atoms with E-state index in [0.29, 0.717) is 0 Å². The summed E-state index contributed by atoms with van der Waals surface area (Å²) < 4.78 is 0.950.